The van der Waals surface area contributed by atoms with E-state index < -0.39 is 0 Å². The van der Waals surface area contributed by atoms with Crippen molar-refractivity contribution in [3.63, 3.8) is 0 Å². The number of para-hydroxylation sites is 1. The van der Waals surface area contributed by atoms with E-state index in [1.165, 1.54) is 0 Å². The van der Waals surface area contributed by atoms with Crippen LogP contribution in [0.15, 0.2) is 36.7 Å². The van der Waals surface area contributed by atoms with Gasteiger partial charge in [-0.1, -0.05) is 12.1 Å². The highest BCUT2D eigenvalue weighted by Crippen LogP contribution is 2.21. The molecule has 0 saturated heterocycles. The number of ketones is 1. The van der Waals surface area contributed by atoms with E-state index in [4.69, 9.17) is 4.74 Å². The van der Waals surface area contributed by atoms with Gasteiger partial charge in [0.15, 0.2) is 5.78 Å². The molecule has 2 rings (SSSR count). The van der Waals surface area contributed by atoms with Crippen LogP contribution in [0, 0.1) is 0 Å². The van der Waals surface area contributed by atoms with E-state index in [0.29, 0.717) is 23.5 Å². The fourth-order valence-corrected chi connectivity index (χ4v) is 1.74. The number of ether oxygens (including phenoxy) is 1. The number of hydrogen-bond donors (Lipinski definition) is 0. The molecule has 0 unspecified atom stereocenters. The summed E-state index contributed by atoms with van der Waals surface area (Å²) in [5, 5.41) is 4.11. The van der Waals surface area contributed by atoms with Crippen molar-refractivity contribution < 1.29 is 9.53 Å². The molecule has 0 radical (unpaired) electrons. The van der Waals surface area contributed by atoms with Crippen LogP contribution in [0.5, 0.6) is 5.75 Å². The highest BCUT2D eigenvalue weighted by atomic mass is 16.5. The molecule has 0 atom stereocenters. The fourth-order valence-electron chi connectivity index (χ4n) is 1.74. The van der Waals surface area contributed by atoms with Crippen molar-refractivity contribution in [2.45, 2.75) is 20.4 Å². The summed E-state index contributed by atoms with van der Waals surface area (Å²) in [4.78, 5) is 12.3. The third-order valence-corrected chi connectivity index (χ3v) is 2.65. The van der Waals surface area contributed by atoms with Gasteiger partial charge < -0.3 is 4.74 Å². The minimum atomic E-state index is -0.0567. The number of nitrogens with zero attached hydrogens (tertiary/aromatic N) is 2. The van der Waals surface area contributed by atoms with Gasteiger partial charge in [-0.05, 0) is 26.0 Å². The molecule has 1 aromatic heterocycles. The molecular formula is C14H16N2O2. The van der Waals surface area contributed by atoms with Gasteiger partial charge in [0.1, 0.15) is 5.75 Å². The first-order valence-electron chi connectivity index (χ1n) is 6.05. The molecular weight excluding hydrogens is 228 g/mol. The van der Waals surface area contributed by atoms with Gasteiger partial charge in [-0.3, -0.25) is 9.48 Å². The third-order valence-electron chi connectivity index (χ3n) is 2.65. The molecule has 0 bridgehead atoms. The first-order chi connectivity index (χ1) is 8.76. The Kier molecular flexibility index (Phi) is 3.77. The fraction of sp³-hybridized carbons (Fsp3) is 0.286. The van der Waals surface area contributed by atoms with Crippen molar-refractivity contribution in [1.82, 2.24) is 9.78 Å². The first kappa shape index (κ1) is 12.4. The molecule has 0 spiro atoms. The lowest BCUT2D eigenvalue weighted by molar-refractivity contribution is 0.103. The van der Waals surface area contributed by atoms with Crippen LogP contribution in [-0.2, 0) is 6.54 Å². The molecule has 2 aromatic rings. The Morgan fingerprint density at radius 1 is 1.33 bits per heavy atom. The van der Waals surface area contributed by atoms with E-state index >= 15 is 0 Å². The van der Waals surface area contributed by atoms with Crippen molar-refractivity contribution in [1.29, 1.82) is 0 Å². The van der Waals surface area contributed by atoms with Gasteiger partial charge in [-0.15, -0.1) is 0 Å². The average molecular weight is 244 g/mol. The predicted octanol–water partition coefficient (Wildman–Crippen LogP) is 2.53. The molecule has 0 amide bonds. The lowest BCUT2D eigenvalue weighted by Crippen LogP contribution is -2.04. The van der Waals surface area contributed by atoms with Gasteiger partial charge in [-0.2, -0.15) is 5.10 Å². The summed E-state index contributed by atoms with van der Waals surface area (Å²) < 4.78 is 7.20. The Balaban J connectivity index is 2.33. The van der Waals surface area contributed by atoms with E-state index in [1.807, 2.05) is 26.0 Å². The van der Waals surface area contributed by atoms with Gasteiger partial charge >= 0.3 is 0 Å². The summed E-state index contributed by atoms with van der Waals surface area (Å²) in [7, 11) is 0. The lowest BCUT2D eigenvalue weighted by atomic mass is 10.1. The number of rotatable bonds is 5. The van der Waals surface area contributed by atoms with Gasteiger partial charge in [0, 0.05) is 12.7 Å². The van der Waals surface area contributed by atoms with E-state index in [2.05, 4.69) is 5.10 Å². The maximum absolute atomic E-state index is 12.3. The van der Waals surface area contributed by atoms with Crippen LogP contribution >= 0.6 is 0 Å². The predicted molar refractivity (Wildman–Crippen MR) is 68.9 cm³/mol. The molecule has 0 aliphatic heterocycles. The normalized spacial score (nSPS) is 10.3. The Morgan fingerprint density at radius 2 is 2.11 bits per heavy atom. The maximum Gasteiger partial charge on any atom is 0.199 e. The zero-order valence-corrected chi connectivity index (χ0v) is 10.6. The second-order valence-corrected chi connectivity index (χ2v) is 3.84. The number of hydrogen-bond acceptors (Lipinski definition) is 3. The minimum Gasteiger partial charge on any atom is -0.493 e. The Labute approximate surface area is 106 Å². The minimum absolute atomic E-state index is 0.0567. The molecule has 0 aliphatic rings. The Morgan fingerprint density at radius 3 is 2.78 bits per heavy atom. The molecule has 0 saturated carbocycles. The number of benzene rings is 1. The number of carbonyl (C=O) groups is 1. The molecule has 4 heteroatoms. The second-order valence-electron chi connectivity index (χ2n) is 3.84. The van der Waals surface area contributed by atoms with Crippen LogP contribution in [0.3, 0.4) is 0 Å². The maximum atomic E-state index is 12.3. The lowest BCUT2D eigenvalue weighted by Gasteiger charge is -2.07. The quantitative estimate of drug-likeness (QED) is 0.759. The van der Waals surface area contributed by atoms with Crippen LogP contribution in [0.4, 0.5) is 0 Å². The zero-order chi connectivity index (χ0) is 13.0. The van der Waals surface area contributed by atoms with Crippen LogP contribution in [0.25, 0.3) is 0 Å². The molecule has 0 aliphatic carbocycles. The Bertz CT molecular complexity index is 546. The standard InChI is InChI=1S/C14H16N2O2/c1-3-16-10-11(9-15-16)14(17)12-7-5-6-8-13(12)18-4-2/h5-10H,3-4H2,1-2H3. The van der Waals surface area contributed by atoms with Crippen molar-refractivity contribution in [2.24, 2.45) is 0 Å². The largest absolute Gasteiger partial charge is 0.493 e. The highest BCUT2D eigenvalue weighted by molar-refractivity contribution is 6.10. The molecule has 18 heavy (non-hydrogen) atoms. The highest BCUT2D eigenvalue weighted by Gasteiger charge is 2.15. The summed E-state index contributed by atoms with van der Waals surface area (Å²) in [6.45, 7) is 5.17. The summed E-state index contributed by atoms with van der Waals surface area (Å²) in [5.74, 6) is 0.563. The zero-order valence-electron chi connectivity index (χ0n) is 10.6. The monoisotopic (exact) mass is 244 g/mol. The third kappa shape index (κ3) is 2.42. The second kappa shape index (κ2) is 5.49. The van der Waals surface area contributed by atoms with Crippen LogP contribution in [-0.4, -0.2) is 22.2 Å². The summed E-state index contributed by atoms with van der Waals surface area (Å²) in [6.07, 6.45) is 3.35. The molecule has 94 valence electrons. The van der Waals surface area contributed by atoms with Crippen molar-refractivity contribution >= 4 is 5.78 Å². The van der Waals surface area contributed by atoms with Crippen LogP contribution < -0.4 is 4.74 Å². The van der Waals surface area contributed by atoms with Crippen molar-refractivity contribution in [3.8, 4) is 5.75 Å². The SMILES string of the molecule is CCOc1ccccc1C(=O)c1cnn(CC)c1. The van der Waals surface area contributed by atoms with Gasteiger partial charge in [-0.25, -0.2) is 0 Å². The van der Waals surface area contributed by atoms with Crippen molar-refractivity contribution in [3.05, 3.63) is 47.8 Å². The molecule has 1 aromatic carbocycles. The van der Waals surface area contributed by atoms with Gasteiger partial charge in [0.05, 0.1) is 23.9 Å². The molecule has 1 heterocycles. The van der Waals surface area contributed by atoms with E-state index in [1.54, 1.807) is 29.2 Å². The van der Waals surface area contributed by atoms with Gasteiger partial charge in [0.2, 0.25) is 0 Å². The Hall–Kier alpha value is -2.10. The summed E-state index contributed by atoms with van der Waals surface area (Å²) >= 11 is 0. The topological polar surface area (TPSA) is 44.1 Å². The number of carbonyl (C=O) groups excluding carboxylic acids is 1. The summed E-state index contributed by atoms with van der Waals surface area (Å²) in [6, 6.07) is 7.27. The summed E-state index contributed by atoms with van der Waals surface area (Å²) in [5.41, 5.74) is 1.17. The van der Waals surface area contributed by atoms with Crippen LogP contribution in [0.2, 0.25) is 0 Å². The average Bonchev–Trinajstić information content (AvgIpc) is 2.88. The van der Waals surface area contributed by atoms with E-state index in [-0.39, 0.29) is 5.78 Å². The molecule has 4 nitrogen and oxygen atoms in total. The van der Waals surface area contributed by atoms with Crippen LogP contribution in [0.1, 0.15) is 29.8 Å². The van der Waals surface area contributed by atoms with E-state index in [0.717, 1.165) is 6.54 Å². The van der Waals surface area contributed by atoms with Crippen molar-refractivity contribution in [2.75, 3.05) is 6.61 Å². The number of aryl methyl sites for hydroxylation is 1. The van der Waals surface area contributed by atoms with E-state index in [9.17, 15) is 4.79 Å². The van der Waals surface area contributed by atoms with Gasteiger partial charge in [0.25, 0.3) is 0 Å². The smallest absolute Gasteiger partial charge is 0.199 e. The molecule has 0 fully saturated rings. The molecule has 0 N–H and O–H groups in total. The first-order valence-corrected chi connectivity index (χ1v) is 6.05. The number of aromatic nitrogens is 2.